The Balaban J connectivity index is 2.46. The quantitative estimate of drug-likeness (QED) is 0.815. The van der Waals surface area contributed by atoms with Gasteiger partial charge in [-0.05, 0) is 13.8 Å². The normalized spacial score (nSPS) is 12.8. The third-order valence-corrected chi connectivity index (χ3v) is 2.84. The second-order valence-corrected chi connectivity index (χ2v) is 4.10. The van der Waals surface area contributed by atoms with Crippen LogP contribution >= 0.6 is 0 Å². The highest BCUT2D eigenvalue weighted by atomic mass is 16.5. The van der Waals surface area contributed by atoms with Crippen LogP contribution in [0.3, 0.4) is 0 Å². The van der Waals surface area contributed by atoms with Gasteiger partial charge in [-0.25, -0.2) is 4.98 Å². The van der Waals surface area contributed by atoms with E-state index in [1.54, 1.807) is 13.4 Å². The number of hydrogen-bond donors (Lipinski definition) is 2. The average Bonchev–Trinajstić information content (AvgIpc) is 2.78. The van der Waals surface area contributed by atoms with Crippen LogP contribution in [-0.4, -0.2) is 46.2 Å². The Bertz CT molecular complexity index is 525. The molecule has 0 aliphatic rings. The van der Waals surface area contributed by atoms with Crippen molar-refractivity contribution in [2.24, 2.45) is 0 Å². The van der Waals surface area contributed by atoms with Crippen molar-refractivity contribution in [1.82, 2.24) is 19.9 Å². The van der Waals surface area contributed by atoms with Crippen molar-refractivity contribution in [3.05, 3.63) is 6.33 Å². The SMILES string of the molecule is CCN(c1nc(N)nc2nc[nH]c12)C(C)COC. The maximum atomic E-state index is 5.72. The Hall–Kier alpha value is -1.89. The van der Waals surface area contributed by atoms with Gasteiger partial charge in [-0.2, -0.15) is 9.97 Å². The average molecular weight is 250 g/mol. The van der Waals surface area contributed by atoms with Crippen LogP contribution in [0.25, 0.3) is 11.2 Å². The molecule has 7 nitrogen and oxygen atoms in total. The van der Waals surface area contributed by atoms with Crippen LogP contribution in [0.1, 0.15) is 13.8 Å². The molecule has 0 aromatic carbocycles. The number of H-pyrrole nitrogens is 1. The smallest absolute Gasteiger partial charge is 0.224 e. The van der Waals surface area contributed by atoms with Gasteiger partial charge in [0.15, 0.2) is 11.5 Å². The lowest BCUT2D eigenvalue weighted by Crippen LogP contribution is -2.37. The largest absolute Gasteiger partial charge is 0.383 e. The number of nitrogen functional groups attached to an aromatic ring is 1. The number of nitrogens with one attached hydrogen (secondary N) is 1. The third-order valence-electron chi connectivity index (χ3n) is 2.84. The highest BCUT2D eigenvalue weighted by Crippen LogP contribution is 2.23. The Morgan fingerprint density at radius 2 is 2.28 bits per heavy atom. The summed E-state index contributed by atoms with van der Waals surface area (Å²) in [6.07, 6.45) is 1.59. The molecule has 2 rings (SSSR count). The fraction of sp³-hybridized carbons (Fsp3) is 0.545. The number of likely N-dealkylation sites (N-methyl/N-ethyl adjacent to an activating group) is 1. The van der Waals surface area contributed by atoms with E-state index in [0.29, 0.717) is 12.3 Å². The number of aromatic nitrogens is 4. The molecule has 1 unspecified atom stereocenters. The fourth-order valence-corrected chi connectivity index (χ4v) is 2.04. The van der Waals surface area contributed by atoms with E-state index in [2.05, 4.69) is 38.7 Å². The summed E-state index contributed by atoms with van der Waals surface area (Å²) >= 11 is 0. The minimum Gasteiger partial charge on any atom is -0.383 e. The van der Waals surface area contributed by atoms with Gasteiger partial charge in [0.25, 0.3) is 0 Å². The van der Waals surface area contributed by atoms with E-state index in [1.165, 1.54) is 0 Å². The molecule has 98 valence electrons. The maximum absolute atomic E-state index is 5.72. The standard InChI is InChI=1S/C11H18N6O/c1-4-17(7(2)5-18-3)10-8-9(14-6-13-8)15-11(12)16-10/h6-7H,4-5H2,1-3H3,(H3,12,13,14,15,16). The van der Waals surface area contributed by atoms with Crippen LogP contribution in [0.4, 0.5) is 11.8 Å². The summed E-state index contributed by atoms with van der Waals surface area (Å²) in [5, 5.41) is 0. The summed E-state index contributed by atoms with van der Waals surface area (Å²) in [5.74, 6) is 0.995. The van der Waals surface area contributed by atoms with Crippen molar-refractivity contribution in [2.75, 3.05) is 30.9 Å². The number of methoxy groups -OCH3 is 1. The van der Waals surface area contributed by atoms with Crippen molar-refractivity contribution in [3.8, 4) is 0 Å². The van der Waals surface area contributed by atoms with Gasteiger partial charge in [0.2, 0.25) is 5.95 Å². The topological polar surface area (TPSA) is 93.0 Å². The highest BCUT2D eigenvalue weighted by Gasteiger charge is 2.19. The lowest BCUT2D eigenvalue weighted by atomic mass is 10.3. The molecule has 2 heterocycles. The van der Waals surface area contributed by atoms with E-state index in [9.17, 15) is 0 Å². The molecular weight excluding hydrogens is 232 g/mol. The molecule has 1 atom stereocenters. The first-order valence-electron chi connectivity index (χ1n) is 5.89. The lowest BCUT2D eigenvalue weighted by Gasteiger charge is -2.28. The molecule has 0 aliphatic carbocycles. The summed E-state index contributed by atoms with van der Waals surface area (Å²) in [4.78, 5) is 17.7. The lowest BCUT2D eigenvalue weighted by molar-refractivity contribution is 0.182. The van der Waals surface area contributed by atoms with Crippen molar-refractivity contribution in [3.63, 3.8) is 0 Å². The first kappa shape index (κ1) is 12.6. The molecule has 2 aromatic rings. The van der Waals surface area contributed by atoms with Crippen molar-refractivity contribution >= 4 is 22.9 Å². The molecule has 0 saturated heterocycles. The molecule has 0 amide bonds. The van der Waals surface area contributed by atoms with E-state index >= 15 is 0 Å². The second-order valence-electron chi connectivity index (χ2n) is 4.10. The maximum Gasteiger partial charge on any atom is 0.224 e. The molecule has 0 saturated carbocycles. The second kappa shape index (κ2) is 5.18. The minimum absolute atomic E-state index is 0.195. The van der Waals surface area contributed by atoms with Crippen LogP contribution in [0, 0.1) is 0 Å². The first-order valence-corrected chi connectivity index (χ1v) is 5.89. The van der Waals surface area contributed by atoms with Crippen LogP contribution in [0.2, 0.25) is 0 Å². The predicted molar refractivity (Wildman–Crippen MR) is 70.5 cm³/mol. The molecule has 0 bridgehead atoms. The summed E-state index contributed by atoms with van der Waals surface area (Å²) in [6.45, 7) is 5.56. The fourth-order valence-electron chi connectivity index (χ4n) is 2.04. The van der Waals surface area contributed by atoms with E-state index in [0.717, 1.165) is 17.9 Å². The van der Waals surface area contributed by atoms with Gasteiger partial charge in [-0.15, -0.1) is 0 Å². The Morgan fingerprint density at radius 1 is 1.50 bits per heavy atom. The van der Waals surface area contributed by atoms with Crippen LogP contribution < -0.4 is 10.6 Å². The number of anilines is 2. The number of ether oxygens (including phenoxy) is 1. The number of nitrogens with zero attached hydrogens (tertiary/aromatic N) is 4. The molecule has 2 aromatic heterocycles. The number of imidazole rings is 1. The van der Waals surface area contributed by atoms with Gasteiger partial charge in [0, 0.05) is 13.7 Å². The Labute approximate surface area is 105 Å². The summed E-state index contributed by atoms with van der Waals surface area (Å²) in [7, 11) is 1.68. The molecule has 0 radical (unpaired) electrons. The molecule has 3 N–H and O–H groups in total. The molecule has 0 aliphatic heterocycles. The molecular formula is C11H18N6O. The Kier molecular flexibility index (Phi) is 3.61. The number of nitrogens with two attached hydrogens (primary N) is 1. The third kappa shape index (κ3) is 2.21. The molecule has 0 spiro atoms. The predicted octanol–water partition coefficient (Wildman–Crippen LogP) is 0.796. The van der Waals surface area contributed by atoms with Crippen molar-refractivity contribution < 1.29 is 4.74 Å². The minimum atomic E-state index is 0.195. The molecule has 7 heteroatoms. The van der Waals surface area contributed by atoms with Gasteiger partial charge in [-0.3, -0.25) is 0 Å². The molecule has 18 heavy (non-hydrogen) atoms. The number of aromatic amines is 1. The van der Waals surface area contributed by atoms with Gasteiger partial charge < -0.3 is 20.4 Å². The van der Waals surface area contributed by atoms with Gasteiger partial charge >= 0.3 is 0 Å². The van der Waals surface area contributed by atoms with Crippen LogP contribution in [-0.2, 0) is 4.74 Å². The van der Waals surface area contributed by atoms with Gasteiger partial charge in [0.1, 0.15) is 5.52 Å². The van der Waals surface area contributed by atoms with E-state index < -0.39 is 0 Å². The number of fused-ring (bicyclic) bond motifs is 1. The van der Waals surface area contributed by atoms with E-state index in [4.69, 9.17) is 10.5 Å². The summed E-state index contributed by atoms with van der Waals surface area (Å²) < 4.78 is 5.19. The van der Waals surface area contributed by atoms with E-state index in [-0.39, 0.29) is 12.0 Å². The summed E-state index contributed by atoms with van der Waals surface area (Å²) in [6, 6.07) is 0.195. The molecule has 0 fully saturated rings. The van der Waals surface area contributed by atoms with Crippen molar-refractivity contribution in [1.29, 1.82) is 0 Å². The van der Waals surface area contributed by atoms with Crippen molar-refractivity contribution in [2.45, 2.75) is 19.9 Å². The summed E-state index contributed by atoms with van der Waals surface area (Å²) in [5.41, 5.74) is 7.10. The van der Waals surface area contributed by atoms with Gasteiger partial charge in [0.05, 0.1) is 19.0 Å². The van der Waals surface area contributed by atoms with Gasteiger partial charge in [-0.1, -0.05) is 0 Å². The zero-order chi connectivity index (χ0) is 13.1. The highest BCUT2D eigenvalue weighted by molar-refractivity contribution is 5.84. The van der Waals surface area contributed by atoms with Crippen LogP contribution in [0.15, 0.2) is 6.33 Å². The van der Waals surface area contributed by atoms with E-state index in [1.807, 2.05) is 0 Å². The monoisotopic (exact) mass is 250 g/mol. The van der Waals surface area contributed by atoms with Crippen LogP contribution in [0.5, 0.6) is 0 Å². The number of hydrogen-bond acceptors (Lipinski definition) is 6. The first-order chi connectivity index (χ1) is 8.67. The Morgan fingerprint density at radius 3 is 2.94 bits per heavy atom. The zero-order valence-corrected chi connectivity index (χ0v) is 10.8. The zero-order valence-electron chi connectivity index (χ0n) is 10.8. The number of rotatable bonds is 5.